The highest BCUT2D eigenvalue weighted by Crippen LogP contribution is 2.20. The number of benzene rings is 2. The van der Waals surface area contributed by atoms with E-state index in [-0.39, 0.29) is 17.6 Å². The van der Waals surface area contributed by atoms with Gasteiger partial charge in [0.1, 0.15) is 5.75 Å². The average Bonchev–Trinajstić information content (AvgIpc) is 2.42. The Morgan fingerprint density at radius 1 is 0.900 bits per heavy atom. The van der Waals surface area contributed by atoms with Crippen LogP contribution in [0.1, 0.15) is 6.42 Å². The number of hydrogen-bond donors (Lipinski definition) is 0. The van der Waals surface area contributed by atoms with E-state index in [0.29, 0.717) is 0 Å². The second-order valence-corrected chi connectivity index (χ2v) is 11.4. The molecule has 2 radical (unpaired) electrons. The van der Waals surface area contributed by atoms with Crippen LogP contribution in [-0.4, -0.2) is 24.2 Å². The minimum Gasteiger partial charge on any atom is -0.494 e. The molecule has 0 fully saturated rings. The maximum absolute atomic E-state index is 5.86. The van der Waals surface area contributed by atoms with Crippen molar-refractivity contribution in [3.63, 3.8) is 0 Å². The molecule has 20 heavy (non-hydrogen) atoms. The Morgan fingerprint density at radius 3 is 2.30 bits per heavy atom. The topological polar surface area (TPSA) is 9.23 Å². The molecule has 0 amide bonds. The first-order valence-electron chi connectivity index (χ1n) is 7.32. The van der Waals surface area contributed by atoms with Gasteiger partial charge in [0.2, 0.25) is 0 Å². The van der Waals surface area contributed by atoms with Gasteiger partial charge in [-0.15, -0.1) is 0 Å². The Kier molecular flexibility index (Phi) is 5.43. The molecular formula is C17H24OSi2. The Labute approximate surface area is 126 Å². The van der Waals surface area contributed by atoms with Crippen LogP contribution in [-0.2, 0) is 0 Å². The summed E-state index contributed by atoms with van der Waals surface area (Å²) >= 11 is 0. The third-order valence-electron chi connectivity index (χ3n) is 3.48. The summed E-state index contributed by atoms with van der Waals surface area (Å²) in [6.45, 7) is 10.2. The van der Waals surface area contributed by atoms with Crippen molar-refractivity contribution in [3.8, 4) is 5.75 Å². The molecule has 0 spiro atoms. The van der Waals surface area contributed by atoms with Gasteiger partial charge in [0.25, 0.3) is 0 Å². The maximum atomic E-state index is 5.86. The smallest absolute Gasteiger partial charge is 0.119 e. The van der Waals surface area contributed by atoms with Gasteiger partial charge in [-0.3, -0.25) is 0 Å². The van der Waals surface area contributed by atoms with E-state index < -0.39 is 0 Å². The summed E-state index contributed by atoms with van der Waals surface area (Å²) in [7, 11) is -0.479. The number of hydrogen-bond acceptors (Lipinski definition) is 1. The molecule has 1 nitrogen and oxygen atoms in total. The molecule has 2 rings (SSSR count). The molecule has 0 saturated heterocycles. The first kappa shape index (κ1) is 15.3. The van der Waals surface area contributed by atoms with E-state index in [4.69, 9.17) is 4.74 Å². The molecule has 106 valence electrons. The maximum Gasteiger partial charge on any atom is 0.119 e. The van der Waals surface area contributed by atoms with Crippen molar-refractivity contribution < 1.29 is 4.74 Å². The number of rotatable bonds is 6. The first-order valence-corrected chi connectivity index (χ1v) is 12.5. The zero-order valence-electron chi connectivity index (χ0n) is 13.0. The minimum atomic E-state index is -0.366. The summed E-state index contributed by atoms with van der Waals surface area (Å²) in [6, 6.07) is 14.6. The molecule has 0 unspecified atom stereocenters. The molecule has 0 heterocycles. The van der Waals surface area contributed by atoms with Crippen LogP contribution in [0, 0.1) is 0 Å². The Morgan fingerprint density at radius 2 is 1.60 bits per heavy atom. The van der Waals surface area contributed by atoms with Gasteiger partial charge < -0.3 is 4.74 Å². The van der Waals surface area contributed by atoms with Crippen molar-refractivity contribution in [1.82, 2.24) is 0 Å². The van der Waals surface area contributed by atoms with Crippen LogP contribution in [0.4, 0.5) is 0 Å². The predicted octanol–water partition coefficient (Wildman–Crippen LogP) is 4.32. The zero-order valence-corrected chi connectivity index (χ0v) is 15.0. The fraction of sp³-hybridized carbons (Fsp3) is 0.412. The highest BCUT2D eigenvalue weighted by molar-refractivity contribution is 6.70. The van der Waals surface area contributed by atoms with Crippen LogP contribution < -0.4 is 9.92 Å². The zero-order chi connectivity index (χ0) is 14.5. The third kappa shape index (κ3) is 4.22. The summed E-state index contributed by atoms with van der Waals surface area (Å²) in [5.74, 6) is 1.00. The van der Waals surface area contributed by atoms with Crippen molar-refractivity contribution in [1.29, 1.82) is 0 Å². The van der Waals surface area contributed by atoms with E-state index in [9.17, 15) is 0 Å². The summed E-state index contributed by atoms with van der Waals surface area (Å²) < 4.78 is 5.86. The first-order chi connectivity index (χ1) is 9.56. The molecule has 0 aliphatic carbocycles. The van der Waals surface area contributed by atoms with Crippen LogP contribution in [0.2, 0.25) is 32.2 Å². The summed E-state index contributed by atoms with van der Waals surface area (Å²) in [4.78, 5) is 0. The van der Waals surface area contributed by atoms with Crippen LogP contribution >= 0.6 is 0 Å². The lowest BCUT2D eigenvalue weighted by Gasteiger charge is -2.09. The molecule has 0 aromatic heterocycles. The van der Waals surface area contributed by atoms with Crippen LogP contribution in [0.3, 0.4) is 0 Å². The lowest BCUT2D eigenvalue weighted by molar-refractivity contribution is 0.317. The van der Waals surface area contributed by atoms with Gasteiger partial charge in [0, 0.05) is 8.80 Å². The highest BCUT2D eigenvalue weighted by Gasteiger charge is 2.03. The molecular weight excluding hydrogens is 276 g/mol. The largest absolute Gasteiger partial charge is 0.494 e. The lowest BCUT2D eigenvalue weighted by atomic mass is 10.1. The van der Waals surface area contributed by atoms with Gasteiger partial charge in [0.05, 0.1) is 15.4 Å². The van der Waals surface area contributed by atoms with Crippen molar-refractivity contribution >= 4 is 33.6 Å². The number of ether oxygens (including phenoxy) is 1. The number of fused-ring (bicyclic) bond motifs is 1. The molecule has 3 heteroatoms. The molecule has 0 aliphatic rings. The SMILES string of the molecule is C[Si](C)CCCOc1ccc2cc([Si](C)C)ccc2c1. The van der Waals surface area contributed by atoms with E-state index in [1.54, 1.807) is 0 Å². The molecule has 0 saturated carbocycles. The van der Waals surface area contributed by atoms with Gasteiger partial charge in [-0.05, 0) is 29.3 Å². The third-order valence-corrected chi connectivity index (χ3v) is 6.30. The predicted molar refractivity (Wildman–Crippen MR) is 93.5 cm³/mol. The average molecular weight is 301 g/mol. The van der Waals surface area contributed by atoms with E-state index in [1.807, 2.05) is 0 Å². The van der Waals surface area contributed by atoms with E-state index in [1.165, 1.54) is 28.4 Å². The molecule has 0 bridgehead atoms. The van der Waals surface area contributed by atoms with Crippen LogP contribution in [0.25, 0.3) is 10.8 Å². The molecule has 2 aromatic carbocycles. The van der Waals surface area contributed by atoms with Crippen molar-refractivity contribution in [3.05, 3.63) is 36.4 Å². The van der Waals surface area contributed by atoms with Gasteiger partial charge in [-0.2, -0.15) is 0 Å². The molecule has 2 aromatic rings. The summed E-state index contributed by atoms with van der Waals surface area (Å²) in [5, 5.41) is 4.11. The van der Waals surface area contributed by atoms with Crippen molar-refractivity contribution in [2.45, 2.75) is 38.7 Å². The van der Waals surface area contributed by atoms with Gasteiger partial charge >= 0.3 is 0 Å². The fourth-order valence-corrected chi connectivity index (χ4v) is 3.95. The van der Waals surface area contributed by atoms with E-state index in [2.05, 4.69) is 62.6 Å². The molecule has 0 aliphatic heterocycles. The van der Waals surface area contributed by atoms with Crippen LogP contribution in [0.15, 0.2) is 36.4 Å². The van der Waals surface area contributed by atoms with Gasteiger partial charge in [-0.1, -0.05) is 61.7 Å². The second-order valence-electron chi connectivity index (χ2n) is 5.88. The minimum absolute atomic E-state index is 0.113. The highest BCUT2D eigenvalue weighted by atomic mass is 28.3. The quantitative estimate of drug-likeness (QED) is 0.570. The Balaban J connectivity index is 2.04. The fourth-order valence-electron chi connectivity index (χ4n) is 2.24. The molecule has 0 N–H and O–H groups in total. The monoisotopic (exact) mass is 300 g/mol. The standard InChI is InChI=1S/C17H24OSi2/c1-19(2)11-5-10-18-16-8-6-15-13-17(20(3)4)9-7-14(15)12-16/h6-9,12-13H,5,10-11H2,1-4H3. The Bertz CT molecular complexity index is 564. The van der Waals surface area contributed by atoms with E-state index >= 15 is 0 Å². The normalized spacial score (nSPS) is 11.5. The van der Waals surface area contributed by atoms with Crippen molar-refractivity contribution in [2.75, 3.05) is 6.61 Å². The summed E-state index contributed by atoms with van der Waals surface area (Å²) in [6.07, 6.45) is 1.18. The van der Waals surface area contributed by atoms with Gasteiger partial charge in [-0.25, -0.2) is 0 Å². The molecule has 0 atom stereocenters. The van der Waals surface area contributed by atoms with Gasteiger partial charge in [0.15, 0.2) is 0 Å². The second kappa shape index (κ2) is 7.09. The Hall–Kier alpha value is -1.07. The lowest BCUT2D eigenvalue weighted by Crippen LogP contribution is -2.21. The van der Waals surface area contributed by atoms with Crippen molar-refractivity contribution in [2.24, 2.45) is 0 Å². The van der Waals surface area contributed by atoms with Crippen LogP contribution in [0.5, 0.6) is 5.75 Å². The van der Waals surface area contributed by atoms with E-state index in [0.717, 1.165) is 12.4 Å². The summed E-state index contributed by atoms with van der Waals surface area (Å²) in [5.41, 5.74) is 0.